The first-order chi connectivity index (χ1) is 13.7. The van der Waals surface area contributed by atoms with Crippen molar-refractivity contribution in [2.45, 2.75) is 31.7 Å². The molecular weight excluding hydrogens is 358 g/mol. The highest BCUT2D eigenvalue weighted by Gasteiger charge is 2.28. The normalized spacial score (nSPS) is 16.9. The number of phenolic OH excluding ortho intramolecular Hbond substituents is 1. The maximum atomic E-state index is 13.1. The van der Waals surface area contributed by atoms with Crippen LogP contribution >= 0.6 is 0 Å². The van der Waals surface area contributed by atoms with E-state index < -0.39 is 0 Å². The molecule has 2 aromatic carbocycles. The average Bonchev–Trinajstić information content (AvgIpc) is 2.97. The van der Waals surface area contributed by atoms with Crippen LogP contribution in [-0.2, 0) is 0 Å². The molecule has 1 heterocycles. The third-order valence-electron chi connectivity index (χ3n) is 5.05. The smallest absolute Gasteiger partial charge is 0.254 e. The maximum Gasteiger partial charge on any atom is 0.254 e. The molecule has 1 fully saturated rings. The number of hydrogen-bond acceptors (Lipinski definition) is 5. The number of ether oxygens (including phenoxy) is 1. The predicted molar refractivity (Wildman–Crippen MR) is 104 cm³/mol. The van der Waals surface area contributed by atoms with Gasteiger partial charge in [-0.3, -0.25) is 14.4 Å². The number of benzene rings is 2. The Morgan fingerprint density at radius 1 is 1.07 bits per heavy atom. The van der Waals surface area contributed by atoms with Crippen molar-refractivity contribution >= 4 is 18.5 Å². The number of nitrogens with zero attached hydrogens (tertiary/aromatic N) is 1. The van der Waals surface area contributed by atoms with Crippen LogP contribution in [0.3, 0.4) is 0 Å². The van der Waals surface area contributed by atoms with Crippen molar-refractivity contribution in [3.8, 4) is 11.5 Å². The lowest BCUT2D eigenvalue weighted by molar-refractivity contribution is 0.0615. The molecule has 3 rings (SSSR count). The Kier molecular flexibility index (Phi) is 6.42. The van der Waals surface area contributed by atoms with Crippen molar-refractivity contribution in [1.82, 2.24) is 4.90 Å². The summed E-state index contributed by atoms with van der Waals surface area (Å²) in [7, 11) is 0. The highest BCUT2D eigenvalue weighted by Crippen LogP contribution is 2.27. The highest BCUT2D eigenvalue weighted by atomic mass is 16.5. The first kappa shape index (κ1) is 19.6. The van der Waals surface area contributed by atoms with Gasteiger partial charge in [-0.15, -0.1) is 0 Å². The Bertz CT molecular complexity index is 864. The van der Waals surface area contributed by atoms with Gasteiger partial charge in [0.05, 0.1) is 17.2 Å². The van der Waals surface area contributed by atoms with Crippen LogP contribution in [0.5, 0.6) is 11.5 Å². The van der Waals surface area contributed by atoms with Crippen LogP contribution in [0.2, 0.25) is 0 Å². The molecule has 28 heavy (non-hydrogen) atoms. The van der Waals surface area contributed by atoms with E-state index in [9.17, 15) is 19.5 Å². The Morgan fingerprint density at radius 3 is 2.68 bits per heavy atom. The number of phenols is 1. The molecule has 2 aromatic rings. The minimum atomic E-state index is -0.190. The second kappa shape index (κ2) is 9.17. The van der Waals surface area contributed by atoms with Crippen molar-refractivity contribution in [3.05, 3.63) is 59.2 Å². The number of aldehydes is 2. The van der Waals surface area contributed by atoms with Crippen molar-refractivity contribution in [2.24, 2.45) is 0 Å². The summed E-state index contributed by atoms with van der Waals surface area (Å²) < 4.78 is 5.82. The molecule has 146 valence electrons. The molecular formula is C22H23NO5. The van der Waals surface area contributed by atoms with E-state index in [1.165, 1.54) is 6.07 Å². The topological polar surface area (TPSA) is 83.9 Å². The molecule has 0 radical (unpaired) electrons. The number of amides is 1. The second-order valence-electron chi connectivity index (χ2n) is 6.82. The van der Waals surface area contributed by atoms with Crippen molar-refractivity contribution < 1.29 is 24.2 Å². The van der Waals surface area contributed by atoms with Crippen LogP contribution in [0, 0.1) is 0 Å². The van der Waals surface area contributed by atoms with E-state index in [1.54, 1.807) is 41.3 Å². The number of carbonyl (C=O) groups is 3. The van der Waals surface area contributed by atoms with E-state index in [4.69, 9.17) is 4.74 Å². The summed E-state index contributed by atoms with van der Waals surface area (Å²) in [6.45, 7) is 0.792. The Labute approximate surface area is 163 Å². The molecule has 1 N–H and O–H groups in total. The van der Waals surface area contributed by atoms with E-state index in [2.05, 4.69) is 0 Å². The van der Waals surface area contributed by atoms with Gasteiger partial charge in [0, 0.05) is 12.1 Å². The van der Waals surface area contributed by atoms with Gasteiger partial charge in [-0.25, -0.2) is 0 Å². The van der Waals surface area contributed by atoms with Crippen molar-refractivity contribution in [3.63, 3.8) is 0 Å². The lowest BCUT2D eigenvalue weighted by Gasteiger charge is -2.30. The quantitative estimate of drug-likeness (QED) is 0.775. The van der Waals surface area contributed by atoms with E-state index in [0.717, 1.165) is 25.7 Å². The number of rotatable bonds is 6. The molecule has 0 saturated carbocycles. The second-order valence-corrected chi connectivity index (χ2v) is 6.82. The van der Waals surface area contributed by atoms with Gasteiger partial charge in [0.2, 0.25) is 0 Å². The standard InChI is InChI=1S/C22H23NO5/c24-13-16-7-3-4-9-18(16)22(27)23-12-5-1-2-8-17(23)15-28-21-11-6-10-20(26)19(21)14-25/h3-4,6-7,9-11,13-14,17,26H,1-2,5,8,12,15H2/t17-/m0/s1. The lowest BCUT2D eigenvalue weighted by atomic mass is 10.1. The van der Waals surface area contributed by atoms with Crippen LogP contribution < -0.4 is 4.74 Å². The molecule has 0 spiro atoms. The maximum absolute atomic E-state index is 13.1. The van der Waals surface area contributed by atoms with Gasteiger partial charge in [0.15, 0.2) is 12.6 Å². The summed E-state index contributed by atoms with van der Waals surface area (Å²) in [5.41, 5.74) is 0.850. The summed E-state index contributed by atoms with van der Waals surface area (Å²) in [5, 5.41) is 9.81. The van der Waals surface area contributed by atoms with Gasteiger partial charge in [0.1, 0.15) is 18.1 Å². The van der Waals surface area contributed by atoms with Crippen LogP contribution in [0.1, 0.15) is 56.8 Å². The van der Waals surface area contributed by atoms with Crippen LogP contribution in [0.4, 0.5) is 0 Å². The Hall–Kier alpha value is -3.15. The van der Waals surface area contributed by atoms with Gasteiger partial charge < -0.3 is 14.7 Å². The monoisotopic (exact) mass is 381 g/mol. The van der Waals surface area contributed by atoms with E-state index in [-0.39, 0.29) is 29.9 Å². The van der Waals surface area contributed by atoms with Gasteiger partial charge in [0.25, 0.3) is 5.91 Å². The number of carbonyl (C=O) groups excluding carboxylic acids is 3. The summed E-state index contributed by atoms with van der Waals surface area (Å²) >= 11 is 0. The fraction of sp³-hybridized carbons (Fsp3) is 0.318. The summed E-state index contributed by atoms with van der Waals surface area (Å²) in [6, 6.07) is 11.2. The van der Waals surface area contributed by atoms with Crippen molar-refractivity contribution in [1.29, 1.82) is 0 Å². The molecule has 1 atom stereocenters. The Morgan fingerprint density at radius 2 is 1.89 bits per heavy atom. The molecule has 6 nitrogen and oxygen atoms in total. The van der Waals surface area contributed by atoms with Gasteiger partial charge >= 0.3 is 0 Å². The molecule has 0 aromatic heterocycles. The van der Waals surface area contributed by atoms with E-state index in [0.29, 0.717) is 36.0 Å². The molecule has 1 aliphatic rings. The van der Waals surface area contributed by atoms with E-state index in [1.807, 2.05) is 0 Å². The number of hydrogen-bond donors (Lipinski definition) is 1. The average molecular weight is 381 g/mol. The zero-order valence-electron chi connectivity index (χ0n) is 15.5. The van der Waals surface area contributed by atoms with Crippen LogP contribution in [0.15, 0.2) is 42.5 Å². The summed E-state index contributed by atoms with van der Waals surface area (Å²) in [4.78, 5) is 37.5. The summed E-state index contributed by atoms with van der Waals surface area (Å²) in [6.07, 6.45) is 4.89. The lowest BCUT2D eigenvalue weighted by Crippen LogP contribution is -2.43. The molecule has 6 heteroatoms. The predicted octanol–water partition coefficient (Wildman–Crippen LogP) is 3.48. The molecule has 0 aliphatic carbocycles. The van der Waals surface area contributed by atoms with Gasteiger partial charge in [-0.1, -0.05) is 37.1 Å². The SMILES string of the molecule is O=Cc1ccccc1C(=O)N1CCCCC[C@H]1COc1cccc(O)c1C=O. The van der Waals surface area contributed by atoms with Gasteiger partial charge in [-0.05, 0) is 31.0 Å². The molecule has 1 amide bonds. The Balaban J connectivity index is 1.82. The first-order valence-corrected chi connectivity index (χ1v) is 9.41. The van der Waals surface area contributed by atoms with E-state index >= 15 is 0 Å². The minimum absolute atomic E-state index is 0.0975. The highest BCUT2D eigenvalue weighted by molar-refractivity contribution is 6.01. The molecule has 1 aliphatic heterocycles. The fourth-order valence-corrected chi connectivity index (χ4v) is 3.53. The van der Waals surface area contributed by atoms with Crippen LogP contribution in [-0.4, -0.2) is 47.7 Å². The molecule has 1 saturated heterocycles. The zero-order valence-corrected chi connectivity index (χ0v) is 15.5. The third kappa shape index (κ3) is 4.22. The van der Waals surface area contributed by atoms with Crippen molar-refractivity contribution in [2.75, 3.05) is 13.2 Å². The number of likely N-dealkylation sites (tertiary alicyclic amines) is 1. The number of aromatic hydroxyl groups is 1. The molecule has 0 unspecified atom stereocenters. The minimum Gasteiger partial charge on any atom is -0.507 e. The zero-order chi connectivity index (χ0) is 19.9. The third-order valence-corrected chi connectivity index (χ3v) is 5.05. The first-order valence-electron chi connectivity index (χ1n) is 9.41. The fourth-order valence-electron chi connectivity index (χ4n) is 3.53. The molecule has 0 bridgehead atoms. The van der Waals surface area contributed by atoms with Gasteiger partial charge in [-0.2, -0.15) is 0 Å². The largest absolute Gasteiger partial charge is 0.507 e. The summed E-state index contributed by atoms with van der Waals surface area (Å²) in [5.74, 6) is -0.0362. The van der Waals surface area contributed by atoms with Crippen LogP contribution in [0.25, 0.3) is 0 Å².